The zero-order valence-corrected chi connectivity index (χ0v) is 13.0. The van der Waals surface area contributed by atoms with Crippen molar-refractivity contribution >= 4 is 17.3 Å². The maximum absolute atomic E-state index is 6.07. The summed E-state index contributed by atoms with van der Waals surface area (Å²) in [4.78, 5) is 11.4. The summed E-state index contributed by atoms with van der Waals surface area (Å²) in [5.74, 6) is 2.37. The molecule has 0 bridgehead atoms. The van der Waals surface area contributed by atoms with Gasteiger partial charge < -0.3 is 10.6 Å². The quantitative estimate of drug-likeness (QED) is 0.918. The first-order valence-corrected chi connectivity index (χ1v) is 7.60. The van der Waals surface area contributed by atoms with Crippen molar-refractivity contribution in [2.45, 2.75) is 40.0 Å². The summed E-state index contributed by atoms with van der Waals surface area (Å²) < 4.78 is 0. The third-order valence-corrected chi connectivity index (χ3v) is 4.13. The van der Waals surface area contributed by atoms with E-state index in [4.69, 9.17) is 10.7 Å². The van der Waals surface area contributed by atoms with Gasteiger partial charge in [-0.05, 0) is 38.3 Å². The Morgan fingerprint density at radius 2 is 2.05 bits per heavy atom. The highest BCUT2D eigenvalue weighted by Gasteiger charge is 2.22. The average Bonchev–Trinajstić information content (AvgIpc) is 2.49. The molecule has 1 aromatic carbocycles. The topological polar surface area (TPSA) is 55.0 Å². The monoisotopic (exact) mass is 282 g/mol. The summed E-state index contributed by atoms with van der Waals surface area (Å²) in [5.41, 5.74) is 11.0. The molecule has 0 amide bonds. The van der Waals surface area contributed by atoms with Crippen LogP contribution in [-0.2, 0) is 12.8 Å². The van der Waals surface area contributed by atoms with Gasteiger partial charge in [0, 0.05) is 24.2 Å². The highest BCUT2D eigenvalue weighted by Crippen LogP contribution is 2.35. The molecule has 0 saturated carbocycles. The summed E-state index contributed by atoms with van der Waals surface area (Å²) in [7, 11) is 0. The van der Waals surface area contributed by atoms with E-state index in [1.54, 1.807) is 0 Å². The molecule has 0 radical (unpaired) electrons. The van der Waals surface area contributed by atoms with E-state index >= 15 is 0 Å². The number of anilines is 3. The van der Waals surface area contributed by atoms with E-state index in [9.17, 15) is 0 Å². The lowest BCUT2D eigenvalue weighted by atomic mass is 9.99. The minimum Gasteiger partial charge on any atom is -0.383 e. The number of aryl methyl sites for hydroxylation is 3. The molecule has 0 spiro atoms. The van der Waals surface area contributed by atoms with Gasteiger partial charge in [-0.15, -0.1) is 0 Å². The zero-order chi connectivity index (χ0) is 15.0. The van der Waals surface area contributed by atoms with Crippen LogP contribution in [0.2, 0.25) is 0 Å². The van der Waals surface area contributed by atoms with E-state index in [-0.39, 0.29) is 0 Å². The van der Waals surface area contributed by atoms with Crippen LogP contribution in [0.3, 0.4) is 0 Å². The van der Waals surface area contributed by atoms with Gasteiger partial charge in [-0.3, -0.25) is 0 Å². The van der Waals surface area contributed by atoms with Crippen LogP contribution in [0.25, 0.3) is 0 Å². The lowest BCUT2D eigenvalue weighted by molar-refractivity contribution is 0.751. The van der Waals surface area contributed by atoms with Gasteiger partial charge >= 0.3 is 0 Å². The summed E-state index contributed by atoms with van der Waals surface area (Å²) in [6.45, 7) is 7.19. The highest BCUT2D eigenvalue weighted by atomic mass is 15.2. The van der Waals surface area contributed by atoms with Gasteiger partial charge in [0.15, 0.2) is 0 Å². The van der Waals surface area contributed by atoms with Crippen molar-refractivity contribution in [2.75, 3.05) is 17.2 Å². The number of hydrogen-bond donors (Lipinski definition) is 1. The average molecular weight is 282 g/mol. The molecule has 3 rings (SSSR count). The van der Waals surface area contributed by atoms with E-state index in [2.05, 4.69) is 41.9 Å². The zero-order valence-electron chi connectivity index (χ0n) is 13.0. The molecule has 1 aliphatic heterocycles. The SMILES string of the molecule is CCc1nc(N)c(C)c(N2CCCc3cc(C)ccc32)n1. The molecule has 2 N–H and O–H groups in total. The Morgan fingerprint density at radius 3 is 2.81 bits per heavy atom. The third-order valence-electron chi connectivity index (χ3n) is 4.13. The first-order chi connectivity index (χ1) is 10.1. The van der Waals surface area contributed by atoms with Crippen LogP contribution in [0.1, 0.15) is 35.9 Å². The van der Waals surface area contributed by atoms with Gasteiger partial charge in [-0.1, -0.05) is 24.6 Å². The highest BCUT2D eigenvalue weighted by molar-refractivity contribution is 5.70. The predicted molar refractivity (Wildman–Crippen MR) is 87.1 cm³/mol. The number of nitrogens with zero attached hydrogens (tertiary/aromatic N) is 3. The molecule has 0 fully saturated rings. The molecular formula is C17H22N4. The van der Waals surface area contributed by atoms with Crippen molar-refractivity contribution in [1.29, 1.82) is 0 Å². The molecule has 2 heterocycles. The van der Waals surface area contributed by atoms with Crippen molar-refractivity contribution in [3.05, 3.63) is 40.7 Å². The van der Waals surface area contributed by atoms with E-state index in [1.807, 2.05) is 6.92 Å². The maximum Gasteiger partial charge on any atom is 0.141 e. The molecule has 21 heavy (non-hydrogen) atoms. The van der Waals surface area contributed by atoms with Gasteiger partial charge in [-0.25, -0.2) is 9.97 Å². The van der Waals surface area contributed by atoms with Crippen LogP contribution in [0.5, 0.6) is 0 Å². The number of hydrogen-bond acceptors (Lipinski definition) is 4. The fourth-order valence-corrected chi connectivity index (χ4v) is 2.94. The third kappa shape index (κ3) is 2.46. The smallest absolute Gasteiger partial charge is 0.141 e. The second-order valence-corrected chi connectivity index (χ2v) is 5.71. The van der Waals surface area contributed by atoms with E-state index in [1.165, 1.54) is 16.8 Å². The largest absolute Gasteiger partial charge is 0.383 e. The van der Waals surface area contributed by atoms with Crippen LogP contribution in [0.15, 0.2) is 18.2 Å². The Kier molecular flexibility index (Phi) is 3.53. The number of benzene rings is 1. The first-order valence-electron chi connectivity index (χ1n) is 7.60. The van der Waals surface area contributed by atoms with Crippen LogP contribution >= 0.6 is 0 Å². The summed E-state index contributed by atoms with van der Waals surface area (Å²) in [5, 5.41) is 0. The van der Waals surface area contributed by atoms with Gasteiger partial charge in [0.25, 0.3) is 0 Å². The molecule has 0 atom stereocenters. The van der Waals surface area contributed by atoms with Crippen LogP contribution in [-0.4, -0.2) is 16.5 Å². The predicted octanol–water partition coefficient (Wildman–Crippen LogP) is 3.32. The molecular weight excluding hydrogens is 260 g/mol. The minimum absolute atomic E-state index is 0.594. The van der Waals surface area contributed by atoms with Crippen molar-refractivity contribution in [2.24, 2.45) is 0 Å². The fourth-order valence-electron chi connectivity index (χ4n) is 2.94. The van der Waals surface area contributed by atoms with Crippen molar-refractivity contribution in [1.82, 2.24) is 9.97 Å². The molecule has 110 valence electrons. The molecule has 1 aromatic heterocycles. The summed E-state index contributed by atoms with van der Waals surface area (Å²) >= 11 is 0. The van der Waals surface area contributed by atoms with Gasteiger partial charge in [0.05, 0.1) is 0 Å². The van der Waals surface area contributed by atoms with Gasteiger partial charge in [0.1, 0.15) is 17.5 Å². The van der Waals surface area contributed by atoms with Gasteiger partial charge in [0.2, 0.25) is 0 Å². The Balaban J connectivity index is 2.12. The number of rotatable bonds is 2. The first kappa shape index (κ1) is 13.9. The molecule has 0 unspecified atom stereocenters. The van der Waals surface area contributed by atoms with Crippen LogP contribution < -0.4 is 10.6 Å². The van der Waals surface area contributed by atoms with E-state index in [0.29, 0.717) is 5.82 Å². The Bertz CT molecular complexity index is 679. The number of nitrogens with two attached hydrogens (primary N) is 1. The lowest BCUT2D eigenvalue weighted by Crippen LogP contribution is -2.27. The maximum atomic E-state index is 6.07. The van der Waals surface area contributed by atoms with E-state index < -0.39 is 0 Å². The van der Waals surface area contributed by atoms with Gasteiger partial charge in [-0.2, -0.15) is 0 Å². The minimum atomic E-state index is 0.594. The number of aromatic nitrogens is 2. The normalized spacial score (nSPS) is 14.1. The summed E-state index contributed by atoms with van der Waals surface area (Å²) in [6.07, 6.45) is 3.07. The van der Waals surface area contributed by atoms with Crippen molar-refractivity contribution in [3.63, 3.8) is 0 Å². The molecule has 1 aliphatic rings. The Labute approximate surface area is 126 Å². The molecule has 4 nitrogen and oxygen atoms in total. The summed E-state index contributed by atoms with van der Waals surface area (Å²) in [6, 6.07) is 6.65. The van der Waals surface area contributed by atoms with Crippen molar-refractivity contribution in [3.8, 4) is 0 Å². The van der Waals surface area contributed by atoms with Crippen LogP contribution in [0, 0.1) is 13.8 Å². The fraction of sp³-hybridized carbons (Fsp3) is 0.412. The molecule has 0 aliphatic carbocycles. The van der Waals surface area contributed by atoms with Crippen LogP contribution in [0.4, 0.5) is 17.3 Å². The van der Waals surface area contributed by atoms with E-state index in [0.717, 1.165) is 43.0 Å². The Hall–Kier alpha value is -2.10. The number of nitrogen functional groups attached to an aromatic ring is 1. The molecule has 4 heteroatoms. The second kappa shape index (κ2) is 5.35. The number of fused-ring (bicyclic) bond motifs is 1. The molecule has 2 aromatic rings. The Morgan fingerprint density at radius 1 is 1.24 bits per heavy atom. The second-order valence-electron chi connectivity index (χ2n) is 5.71. The molecule has 0 saturated heterocycles. The van der Waals surface area contributed by atoms with Crippen molar-refractivity contribution < 1.29 is 0 Å². The lowest BCUT2D eigenvalue weighted by Gasteiger charge is -2.32. The standard InChI is InChI=1S/C17H22N4/c1-4-15-19-16(18)12(3)17(20-15)21-9-5-6-13-10-11(2)7-8-14(13)21/h7-8,10H,4-6,9H2,1-3H3,(H2,18,19,20).